The minimum atomic E-state index is -2.95. The van der Waals surface area contributed by atoms with Crippen LogP contribution in [0.25, 0.3) is 0 Å². The summed E-state index contributed by atoms with van der Waals surface area (Å²) in [6.07, 6.45) is -3.28. The van der Waals surface area contributed by atoms with Gasteiger partial charge in [-0.2, -0.15) is 10.5 Å². The average molecular weight is 209 g/mol. The van der Waals surface area contributed by atoms with E-state index in [0.29, 0.717) is 0 Å². The summed E-state index contributed by atoms with van der Waals surface area (Å²) in [5.41, 5.74) is -1.99. The van der Waals surface area contributed by atoms with Crippen LogP contribution in [0.5, 0.6) is 0 Å². The van der Waals surface area contributed by atoms with E-state index in [9.17, 15) is 13.6 Å². The van der Waals surface area contributed by atoms with Gasteiger partial charge in [0.05, 0.1) is 18.1 Å². The van der Waals surface area contributed by atoms with Crippen molar-refractivity contribution in [2.45, 2.75) is 12.8 Å². The third-order valence-corrected chi connectivity index (χ3v) is 1.77. The summed E-state index contributed by atoms with van der Waals surface area (Å²) in [7, 11) is 0. The van der Waals surface area contributed by atoms with Crippen molar-refractivity contribution >= 4 is 0 Å². The topological polar surface area (TPSA) is 80.4 Å². The van der Waals surface area contributed by atoms with Gasteiger partial charge in [0.15, 0.2) is 0 Å². The molecule has 0 aliphatic carbocycles. The van der Waals surface area contributed by atoms with Crippen LogP contribution in [0.15, 0.2) is 10.9 Å². The van der Waals surface area contributed by atoms with Gasteiger partial charge in [-0.05, 0) is 11.6 Å². The standard InChI is InChI=1S/C9H5F2N3O/c10-8(11)7-5(1-2-12)3-6(4-13)14-9(7)15/h3,8H,1H2,(H,14,15). The fourth-order valence-corrected chi connectivity index (χ4v) is 1.15. The molecule has 1 rings (SSSR count). The van der Waals surface area contributed by atoms with E-state index < -0.39 is 17.5 Å². The third kappa shape index (κ3) is 2.18. The molecule has 1 aromatic rings. The maximum atomic E-state index is 12.4. The quantitative estimate of drug-likeness (QED) is 0.795. The van der Waals surface area contributed by atoms with Crippen LogP contribution in [0.4, 0.5) is 8.78 Å². The first-order valence-electron chi connectivity index (χ1n) is 3.91. The highest BCUT2D eigenvalue weighted by molar-refractivity contribution is 5.34. The maximum absolute atomic E-state index is 12.4. The molecule has 1 N–H and O–H groups in total. The molecule has 76 valence electrons. The van der Waals surface area contributed by atoms with Gasteiger partial charge in [0.25, 0.3) is 12.0 Å². The van der Waals surface area contributed by atoms with Crippen molar-refractivity contribution < 1.29 is 8.78 Å². The van der Waals surface area contributed by atoms with Gasteiger partial charge in [-0.15, -0.1) is 0 Å². The second-order valence-electron chi connectivity index (χ2n) is 2.70. The Morgan fingerprint density at radius 1 is 1.47 bits per heavy atom. The molecule has 1 aromatic heterocycles. The Labute approximate surface area is 83.4 Å². The molecule has 0 atom stereocenters. The Hall–Kier alpha value is -2.21. The molecule has 0 aliphatic heterocycles. The molecule has 0 aliphatic rings. The van der Waals surface area contributed by atoms with Gasteiger partial charge in [-0.3, -0.25) is 4.79 Å². The summed E-state index contributed by atoms with van der Waals surface area (Å²) >= 11 is 0. The predicted molar refractivity (Wildman–Crippen MR) is 46.1 cm³/mol. The predicted octanol–water partition coefficient (Wildman–Crippen LogP) is 1.25. The number of hydrogen-bond acceptors (Lipinski definition) is 3. The normalized spacial score (nSPS) is 9.67. The molecule has 0 fully saturated rings. The molecule has 0 radical (unpaired) electrons. The molecule has 1 heterocycles. The highest BCUT2D eigenvalue weighted by Gasteiger charge is 2.18. The molecule has 0 saturated carbocycles. The van der Waals surface area contributed by atoms with Crippen LogP contribution in [0, 0.1) is 22.7 Å². The Morgan fingerprint density at radius 2 is 2.13 bits per heavy atom. The first-order valence-corrected chi connectivity index (χ1v) is 3.91. The molecule has 0 unspecified atom stereocenters. The molecular formula is C9H5F2N3O. The number of pyridine rings is 1. The monoisotopic (exact) mass is 209 g/mol. The van der Waals surface area contributed by atoms with Gasteiger partial charge in [0, 0.05) is 0 Å². The Bertz CT molecular complexity index is 508. The molecule has 6 heteroatoms. The highest BCUT2D eigenvalue weighted by Crippen LogP contribution is 2.19. The number of aromatic nitrogens is 1. The fourth-order valence-electron chi connectivity index (χ4n) is 1.15. The summed E-state index contributed by atoms with van der Waals surface area (Å²) < 4.78 is 24.9. The van der Waals surface area contributed by atoms with Gasteiger partial charge in [-0.1, -0.05) is 0 Å². The van der Waals surface area contributed by atoms with Crippen molar-refractivity contribution in [1.29, 1.82) is 10.5 Å². The van der Waals surface area contributed by atoms with Crippen molar-refractivity contribution in [3.63, 3.8) is 0 Å². The van der Waals surface area contributed by atoms with Crippen LogP contribution in [-0.2, 0) is 6.42 Å². The van der Waals surface area contributed by atoms with E-state index in [1.165, 1.54) is 0 Å². The van der Waals surface area contributed by atoms with Crippen LogP contribution < -0.4 is 5.56 Å². The van der Waals surface area contributed by atoms with Crippen molar-refractivity contribution in [1.82, 2.24) is 4.98 Å². The van der Waals surface area contributed by atoms with Crippen molar-refractivity contribution in [2.24, 2.45) is 0 Å². The summed E-state index contributed by atoms with van der Waals surface area (Å²) in [4.78, 5) is 13.1. The first kappa shape index (κ1) is 10.9. The van der Waals surface area contributed by atoms with Crippen molar-refractivity contribution in [3.05, 3.63) is 33.2 Å². The first-order chi connectivity index (χ1) is 7.10. The van der Waals surface area contributed by atoms with Crippen LogP contribution in [-0.4, -0.2) is 4.98 Å². The van der Waals surface area contributed by atoms with Crippen LogP contribution in [0.2, 0.25) is 0 Å². The zero-order valence-corrected chi connectivity index (χ0v) is 7.42. The number of H-pyrrole nitrogens is 1. The van der Waals surface area contributed by atoms with Gasteiger partial charge in [-0.25, -0.2) is 8.78 Å². The number of nitriles is 2. The molecule has 0 aromatic carbocycles. The lowest BCUT2D eigenvalue weighted by Crippen LogP contribution is -2.17. The smallest absolute Gasteiger partial charge is 0.269 e. The van der Waals surface area contributed by atoms with Crippen LogP contribution in [0.1, 0.15) is 23.2 Å². The number of halogens is 2. The van der Waals surface area contributed by atoms with Crippen molar-refractivity contribution in [3.8, 4) is 12.1 Å². The fraction of sp³-hybridized carbons (Fsp3) is 0.222. The number of nitrogens with one attached hydrogen (secondary N) is 1. The van der Waals surface area contributed by atoms with E-state index in [1.54, 1.807) is 12.1 Å². The van der Waals surface area contributed by atoms with E-state index in [2.05, 4.69) is 0 Å². The molecular weight excluding hydrogens is 204 g/mol. The Kier molecular flexibility index (Phi) is 3.14. The number of alkyl halides is 2. The number of nitrogens with zero attached hydrogens (tertiary/aromatic N) is 2. The van der Waals surface area contributed by atoms with E-state index in [1.807, 2.05) is 4.98 Å². The summed E-state index contributed by atoms with van der Waals surface area (Å²) in [5, 5.41) is 16.9. The molecule has 0 saturated heterocycles. The lowest BCUT2D eigenvalue weighted by molar-refractivity contribution is 0.148. The van der Waals surface area contributed by atoms with Crippen molar-refractivity contribution in [2.75, 3.05) is 0 Å². The van der Waals surface area contributed by atoms with Gasteiger partial charge in [0.1, 0.15) is 11.8 Å². The zero-order chi connectivity index (χ0) is 11.4. The largest absolute Gasteiger partial charge is 0.313 e. The van der Waals surface area contributed by atoms with Gasteiger partial charge >= 0.3 is 0 Å². The second kappa shape index (κ2) is 4.34. The zero-order valence-electron chi connectivity index (χ0n) is 7.42. The lowest BCUT2D eigenvalue weighted by Gasteiger charge is -2.04. The van der Waals surface area contributed by atoms with E-state index in [-0.39, 0.29) is 17.7 Å². The number of aromatic amines is 1. The van der Waals surface area contributed by atoms with Gasteiger partial charge < -0.3 is 4.98 Å². The molecule has 0 spiro atoms. The highest BCUT2D eigenvalue weighted by atomic mass is 19.3. The summed E-state index contributed by atoms with van der Waals surface area (Å²) in [6.45, 7) is 0. The van der Waals surface area contributed by atoms with Crippen LogP contribution >= 0.6 is 0 Å². The molecule has 4 nitrogen and oxygen atoms in total. The SMILES string of the molecule is N#CCc1cc(C#N)[nH]c(=O)c1C(F)F. The minimum Gasteiger partial charge on any atom is -0.313 e. The Morgan fingerprint density at radius 3 is 2.60 bits per heavy atom. The molecule has 0 bridgehead atoms. The molecule has 15 heavy (non-hydrogen) atoms. The summed E-state index contributed by atoms with van der Waals surface area (Å²) in [5.74, 6) is 0. The average Bonchev–Trinajstić information content (AvgIpc) is 2.16. The Balaban J connectivity index is 3.45. The lowest BCUT2D eigenvalue weighted by atomic mass is 10.1. The second-order valence-corrected chi connectivity index (χ2v) is 2.70. The van der Waals surface area contributed by atoms with E-state index in [0.717, 1.165) is 6.07 Å². The maximum Gasteiger partial charge on any atom is 0.269 e. The summed E-state index contributed by atoms with van der Waals surface area (Å²) in [6, 6.07) is 4.37. The molecule has 0 amide bonds. The van der Waals surface area contributed by atoms with Gasteiger partial charge in [0.2, 0.25) is 0 Å². The van der Waals surface area contributed by atoms with E-state index >= 15 is 0 Å². The number of hydrogen-bond donors (Lipinski definition) is 1. The minimum absolute atomic E-state index is 0.104. The third-order valence-electron chi connectivity index (χ3n) is 1.77. The van der Waals surface area contributed by atoms with Crippen LogP contribution in [0.3, 0.4) is 0 Å². The van der Waals surface area contributed by atoms with E-state index in [4.69, 9.17) is 10.5 Å². The number of rotatable bonds is 2.